The Morgan fingerprint density at radius 3 is 1.36 bits per heavy atom. The second kappa shape index (κ2) is 16.2. The summed E-state index contributed by atoms with van der Waals surface area (Å²) in [4.78, 5) is 0. The molecule has 7 heteroatoms. The molecule has 6 nitrogen and oxygen atoms in total. The van der Waals surface area contributed by atoms with Crippen LogP contribution in [-0.2, 0) is 37.3 Å². The van der Waals surface area contributed by atoms with Gasteiger partial charge >= 0.3 is 257 Å². The normalized spacial score (nSPS) is 19.2. The number of rotatable bonds is 4. The molecule has 0 aromatic heterocycles. The summed E-state index contributed by atoms with van der Waals surface area (Å²) >= 11 is 0.0117. The maximum absolute atomic E-state index is 11.5. The molecule has 1 saturated heterocycles. The molecule has 4 aromatic carbocycles. The van der Waals surface area contributed by atoms with E-state index in [1.165, 1.54) is 36.1 Å². The van der Waals surface area contributed by atoms with Gasteiger partial charge in [-0.05, 0) is 24.3 Å². The molecule has 4 aromatic rings. The molecule has 1 heterocycles. The van der Waals surface area contributed by atoms with E-state index in [4.69, 9.17) is 4.74 Å². The molecule has 0 amide bonds. The second-order valence-corrected chi connectivity index (χ2v) is 20.9. The molecule has 0 radical (unpaired) electrons. The van der Waals surface area contributed by atoms with E-state index in [0.29, 0.717) is 29.3 Å². The Morgan fingerprint density at radius 1 is 0.582 bits per heavy atom. The van der Waals surface area contributed by atoms with Gasteiger partial charge in [0.2, 0.25) is 0 Å². The van der Waals surface area contributed by atoms with Crippen molar-refractivity contribution in [2.45, 2.75) is 143 Å². The molecule has 2 atom stereocenters. The fourth-order valence-corrected chi connectivity index (χ4v) is 9.07. The van der Waals surface area contributed by atoms with Crippen LogP contribution in [0, 0.1) is 0 Å². The van der Waals surface area contributed by atoms with Gasteiger partial charge in [-0.1, -0.05) is 30.3 Å². The van der Waals surface area contributed by atoms with Crippen molar-refractivity contribution >= 4 is 12.4 Å². The standard InChI is InChI=1S/C36H54N2O2.C12H10O2.Cr/c1-33(2,3)25-17-23(31(39)27(19-25)35(7,8)9)21-37-29-15-13-14-16-30(29)38-22-24-18-26(34(4,5)6)20-28(32(24)40)36(10,11)12;13-10-6-8-12(9-7-10)14-11-4-2-1-3-5-11;/h17-22,29-30,39-40H,13-16H2,1-12H3;1-9,13H;/q;;+2/p-1/t29-,30-;;/m1../s1. The Labute approximate surface area is 337 Å². The number of hydrogen-bond acceptors (Lipinski definition) is 4. The number of hydrogen-bond donors (Lipinski definition) is 2. The fourth-order valence-electron chi connectivity index (χ4n) is 7.08. The Hall–Kier alpha value is -4.05. The fraction of sp³-hybridized carbons (Fsp3) is 0.458. The van der Waals surface area contributed by atoms with E-state index in [2.05, 4.69) is 127 Å². The molecule has 0 unspecified atom stereocenters. The third-order valence-electron chi connectivity index (χ3n) is 10.5. The maximum Gasteiger partial charge on any atom is 0.127 e. The molecule has 2 fully saturated rings. The number of fused-ring (bicyclic) bond motifs is 1. The van der Waals surface area contributed by atoms with Gasteiger partial charge in [-0.15, -0.1) is 5.75 Å². The van der Waals surface area contributed by atoms with Crippen LogP contribution in [0.15, 0.2) is 78.9 Å². The van der Waals surface area contributed by atoms with E-state index in [0.717, 1.165) is 40.8 Å². The van der Waals surface area contributed by atoms with Crippen molar-refractivity contribution in [3.63, 3.8) is 0 Å². The second-order valence-electron chi connectivity index (χ2n) is 19.3. The van der Waals surface area contributed by atoms with Crippen molar-refractivity contribution in [1.82, 2.24) is 0 Å². The zero-order valence-corrected chi connectivity index (χ0v) is 36.4. The number of phenols is 2. The minimum absolute atomic E-state index is 0.00888. The molecular weight excluding hydrogens is 721 g/mol. The van der Waals surface area contributed by atoms with E-state index in [9.17, 15) is 15.3 Å². The van der Waals surface area contributed by atoms with Gasteiger partial charge in [0.1, 0.15) is 11.5 Å². The first-order valence-electron chi connectivity index (χ1n) is 19.7. The summed E-state index contributed by atoms with van der Waals surface area (Å²) in [6, 6.07) is 25.3. The Kier molecular flexibility index (Phi) is 12.4. The van der Waals surface area contributed by atoms with Crippen LogP contribution in [0.3, 0.4) is 0 Å². The van der Waals surface area contributed by atoms with E-state index >= 15 is 0 Å². The third kappa shape index (κ3) is 10.4. The molecule has 1 aliphatic carbocycles. The Bertz CT molecular complexity index is 1920. The van der Waals surface area contributed by atoms with Crippen LogP contribution in [0.5, 0.6) is 28.7 Å². The molecule has 1 aliphatic heterocycles. The Morgan fingerprint density at radius 2 is 0.982 bits per heavy atom. The summed E-state index contributed by atoms with van der Waals surface area (Å²) in [5.74, 6) is 2.25. The quantitative estimate of drug-likeness (QED) is 0.216. The van der Waals surface area contributed by atoms with Gasteiger partial charge in [-0.3, -0.25) is 0 Å². The first-order valence-corrected chi connectivity index (χ1v) is 20.9. The van der Waals surface area contributed by atoms with E-state index in [1.54, 1.807) is 12.1 Å². The number of aromatic hydroxyl groups is 2. The molecule has 0 spiro atoms. The minimum atomic E-state index is -0.155. The first-order chi connectivity index (χ1) is 25.5. The van der Waals surface area contributed by atoms with Crippen LogP contribution in [-0.4, -0.2) is 41.8 Å². The van der Waals surface area contributed by atoms with Crippen molar-refractivity contribution in [2.24, 2.45) is 0 Å². The molecule has 6 rings (SSSR count). The van der Waals surface area contributed by atoms with Crippen molar-refractivity contribution < 1.29 is 42.8 Å². The number of phenolic OH excluding ortho intramolecular Hbond substituents is 2. The minimum Gasteiger partial charge on any atom is -0.872 e. The van der Waals surface area contributed by atoms with Crippen molar-refractivity contribution in [1.29, 1.82) is 0 Å². The van der Waals surface area contributed by atoms with E-state index in [1.807, 2.05) is 30.3 Å². The van der Waals surface area contributed by atoms with Crippen LogP contribution in [0.25, 0.3) is 0 Å². The van der Waals surface area contributed by atoms with Gasteiger partial charge in [0.05, 0.1) is 0 Å². The molecular formula is C48H63CrN2O4+. The van der Waals surface area contributed by atoms with Crippen LogP contribution in [0.4, 0.5) is 0 Å². The van der Waals surface area contributed by atoms with E-state index in [-0.39, 0.29) is 43.1 Å². The van der Waals surface area contributed by atoms with Crippen molar-refractivity contribution in [2.75, 3.05) is 0 Å². The van der Waals surface area contributed by atoms with Crippen molar-refractivity contribution in [3.05, 3.63) is 112 Å². The van der Waals surface area contributed by atoms with Gasteiger partial charge in [0, 0.05) is 0 Å². The predicted octanol–water partition coefficient (Wildman–Crippen LogP) is 10.6. The molecule has 0 bridgehead atoms. The van der Waals surface area contributed by atoms with E-state index < -0.39 is 0 Å². The topological polar surface area (TPSA) is 78.8 Å². The average molecular weight is 784 g/mol. The summed E-state index contributed by atoms with van der Waals surface area (Å²) in [6.07, 6.45) is 9.25. The summed E-state index contributed by atoms with van der Waals surface area (Å²) in [7, 11) is 0. The molecule has 2 N–H and O–H groups in total. The zero-order valence-electron chi connectivity index (χ0n) is 35.2. The summed E-state index contributed by atoms with van der Waals surface area (Å²) in [5.41, 5.74) is 6.01. The number of ether oxygens (including phenoxy) is 1. The van der Waals surface area contributed by atoms with Gasteiger partial charge in [0.25, 0.3) is 0 Å². The number of benzene rings is 4. The first kappa shape index (κ1) is 42.1. The van der Waals surface area contributed by atoms with Crippen LogP contribution < -0.4 is 9.84 Å². The molecule has 1 saturated carbocycles. The number of nitrogens with zero attached hydrogens (tertiary/aromatic N) is 2. The van der Waals surface area contributed by atoms with Crippen LogP contribution in [0.1, 0.15) is 142 Å². The van der Waals surface area contributed by atoms with Gasteiger partial charge in [-0.25, -0.2) is 0 Å². The molecule has 294 valence electrons. The maximum atomic E-state index is 11.5. The van der Waals surface area contributed by atoms with Crippen molar-refractivity contribution in [3.8, 4) is 28.7 Å². The third-order valence-corrected chi connectivity index (χ3v) is 12.3. The van der Waals surface area contributed by atoms with Gasteiger partial charge in [-0.2, -0.15) is 0 Å². The van der Waals surface area contributed by atoms with Gasteiger partial charge in [0.15, 0.2) is 0 Å². The summed E-state index contributed by atoms with van der Waals surface area (Å²) in [5, 5.41) is 33.9. The monoisotopic (exact) mass is 783 g/mol. The largest absolute Gasteiger partial charge is 0.872 e. The predicted molar refractivity (Wildman–Crippen MR) is 220 cm³/mol. The zero-order chi connectivity index (χ0) is 40.5. The Balaban J connectivity index is 0.000000345. The average Bonchev–Trinajstić information content (AvgIpc) is 3.43. The molecule has 55 heavy (non-hydrogen) atoms. The summed E-state index contributed by atoms with van der Waals surface area (Å²) < 4.78 is 10.5. The van der Waals surface area contributed by atoms with Crippen LogP contribution in [0.2, 0.25) is 0 Å². The number of para-hydroxylation sites is 1. The summed E-state index contributed by atoms with van der Waals surface area (Å²) in [6.45, 7) is 26.5. The van der Waals surface area contributed by atoms with Crippen LogP contribution >= 0.6 is 0 Å². The molecule has 2 aliphatic rings. The smallest absolute Gasteiger partial charge is 0.127 e. The van der Waals surface area contributed by atoms with Gasteiger partial charge < -0.3 is 9.84 Å². The SMILES string of the molecule is CC(C)(C)c1cc(C=[N+]2[Cr][N+](=Cc3cc(C(C)(C)C)cc(C(C)(C)C)c3O)[C@@H]3CCCC[C@H]32)c(O)c(C(C)(C)C)c1.[O-]c1ccc(Oc2ccccc2)cc1.